The van der Waals surface area contributed by atoms with Gasteiger partial charge >= 0.3 is 0 Å². The first-order valence-electron chi connectivity index (χ1n) is 8.75. The van der Waals surface area contributed by atoms with Crippen molar-refractivity contribution in [1.82, 2.24) is 5.32 Å². The molecule has 2 saturated heterocycles. The summed E-state index contributed by atoms with van der Waals surface area (Å²) in [6.45, 7) is 5.52. The summed E-state index contributed by atoms with van der Waals surface area (Å²) in [5.41, 5.74) is 2.06. The van der Waals surface area contributed by atoms with Crippen molar-refractivity contribution in [3.63, 3.8) is 0 Å². The second kappa shape index (κ2) is 10.9. The number of amides is 1. The number of ether oxygens (including phenoxy) is 1. The van der Waals surface area contributed by atoms with Crippen LogP contribution in [0, 0.1) is 0 Å². The molecule has 2 aliphatic heterocycles. The lowest BCUT2D eigenvalue weighted by Gasteiger charge is -2.29. The number of nitrogens with zero attached hydrogens (tertiary/aromatic N) is 1. The van der Waals surface area contributed by atoms with Crippen molar-refractivity contribution < 1.29 is 9.53 Å². The van der Waals surface area contributed by atoms with Crippen molar-refractivity contribution in [2.75, 3.05) is 36.5 Å². The highest BCUT2D eigenvalue weighted by molar-refractivity contribution is 5.95. The summed E-state index contributed by atoms with van der Waals surface area (Å²) in [6, 6.07) is 7.89. The Morgan fingerprint density at radius 2 is 1.92 bits per heavy atom. The quantitative estimate of drug-likeness (QED) is 0.832. The van der Waals surface area contributed by atoms with Crippen LogP contribution in [0.2, 0.25) is 0 Å². The summed E-state index contributed by atoms with van der Waals surface area (Å²) < 4.78 is 5.55. The molecule has 1 aromatic rings. The van der Waals surface area contributed by atoms with Crippen LogP contribution < -0.4 is 15.5 Å². The van der Waals surface area contributed by atoms with Crippen LogP contribution in [0.3, 0.4) is 0 Å². The Balaban J connectivity index is 0.00000156. The molecule has 0 aliphatic carbocycles. The van der Waals surface area contributed by atoms with Crippen molar-refractivity contribution in [3.05, 3.63) is 24.3 Å². The molecule has 0 spiro atoms. The first kappa shape index (κ1) is 22.0. The molecule has 7 heteroatoms. The standard InChI is InChI=1S/C18H27N3O2.2ClH/c1-14-17(19-9-12-23-14)18(22)20-15-7-6-8-16(13-15)21-10-4-2-3-5-11-21;;/h6-8,13-14,17,19H,2-5,9-12H2,1H3,(H,20,22);2*1H/t14-,17+;;/m1../s1. The molecule has 0 bridgehead atoms. The van der Waals surface area contributed by atoms with Gasteiger partial charge in [-0.15, -0.1) is 24.8 Å². The average molecular weight is 390 g/mol. The van der Waals surface area contributed by atoms with Gasteiger partial charge in [-0.25, -0.2) is 0 Å². The van der Waals surface area contributed by atoms with Crippen LogP contribution in [0.25, 0.3) is 0 Å². The van der Waals surface area contributed by atoms with E-state index >= 15 is 0 Å². The zero-order chi connectivity index (χ0) is 16.1. The molecule has 142 valence electrons. The Labute approximate surface area is 162 Å². The number of benzene rings is 1. The zero-order valence-electron chi connectivity index (χ0n) is 14.7. The highest BCUT2D eigenvalue weighted by Crippen LogP contribution is 2.23. The van der Waals surface area contributed by atoms with Crippen LogP contribution in [-0.2, 0) is 9.53 Å². The molecule has 2 N–H and O–H groups in total. The van der Waals surface area contributed by atoms with E-state index in [0.717, 1.165) is 25.3 Å². The van der Waals surface area contributed by atoms with E-state index in [1.165, 1.54) is 31.4 Å². The van der Waals surface area contributed by atoms with Gasteiger partial charge in [-0.2, -0.15) is 0 Å². The Hall–Kier alpha value is -1.01. The van der Waals surface area contributed by atoms with Gasteiger partial charge in [0.15, 0.2) is 0 Å². The van der Waals surface area contributed by atoms with Gasteiger partial charge in [-0.1, -0.05) is 18.9 Å². The molecule has 0 radical (unpaired) electrons. The minimum absolute atomic E-state index is 0. The maximum absolute atomic E-state index is 12.5. The molecular weight excluding hydrogens is 361 g/mol. The summed E-state index contributed by atoms with van der Waals surface area (Å²) in [5, 5.41) is 6.26. The number of halogens is 2. The van der Waals surface area contributed by atoms with Crippen LogP contribution in [0.5, 0.6) is 0 Å². The molecule has 0 aromatic heterocycles. The number of morpholine rings is 1. The first-order valence-corrected chi connectivity index (χ1v) is 8.75. The van der Waals surface area contributed by atoms with Crippen LogP contribution in [0.15, 0.2) is 24.3 Å². The van der Waals surface area contributed by atoms with E-state index in [9.17, 15) is 4.79 Å². The van der Waals surface area contributed by atoms with Crippen molar-refractivity contribution in [3.8, 4) is 0 Å². The Morgan fingerprint density at radius 3 is 2.60 bits per heavy atom. The first-order chi connectivity index (χ1) is 11.2. The minimum Gasteiger partial charge on any atom is -0.375 e. The summed E-state index contributed by atoms with van der Waals surface area (Å²) in [6.07, 6.45) is 5.03. The predicted molar refractivity (Wildman–Crippen MR) is 107 cm³/mol. The molecule has 5 nitrogen and oxygen atoms in total. The van der Waals surface area contributed by atoms with E-state index in [2.05, 4.69) is 27.7 Å². The number of rotatable bonds is 3. The lowest BCUT2D eigenvalue weighted by Crippen LogP contribution is -2.53. The highest BCUT2D eigenvalue weighted by Gasteiger charge is 2.28. The molecule has 2 aliphatic rings. The van der Waals surface area contributed by atoms with Gasteiger partial charge in [0.2, 0.25) is 5.91 Å². The van der Waals surface area contributed by atoms with Crippen LogP contribution in [0.1, 0.15) is 32.6 Å². The molecule has 1 amide bonds. The van der Waals surface area contributed by atoms with Gasteiger partial charge in [-0.3, -0.25) is 4.79 Å². The van der Waals surface area contributed by atoms with E-state index in [-0.39, 0.29) is 42.9 Å². The van der Waals surface area contributed by atoms with Gasteiger partial charge in [-0.05, 0) is 38.0 Å². The topological polar surface area (TPSA) is 53.6 Å². The van der Waals surface area contributed by atoms with Gasteiger partial charge in [0.05, 0.1) is 12.7 Å². The van der Waals surface area contributed by atoms with E-state index in [4.69, 9.17) is 4.74 Å². The number of carbonyl (C=O) groups excluding carboxylic acids is 1. The number of nitrogens with one attached hydrogen (secondary N) is 2. The Morgan fingerprint density at radius 1 is 1.20 bits per heavy atom. The lowest BCUT2D eigenvalue weighted by molar-refractivity contribution is -0.123. The molecule has 0 unspecified atom stereocenters. The second-order valence-corrected chi connectivity index (χ2v) is 6.45. The van der Waals surface area contributed by atoms with Gasteiger partial charge in [0.25, 0.3) is 0 Å². The fraction of sp³-hybridized carbons (Fsp3) is 0.611. The smallest absolute Gasteiger partial charge is 0.244 e. The third-order valence-electron chi connectivity index (χ3n) is 4.68. The molecular formula is C18H29Cl2N3O2. The molecule has 2 atom stereocenters. The van der Waals surface area contributed by atoms with Crippen molar-refractivity contribution in [2.24, 2.45) is 0 Å². The Kier molecular flexibility index (Phi) is 9.57. The minimum atomic E-state index is -0.286. The third-order valence-corrected chi connectivity index (χ3v) is 4.68. The maximum atomic E-state index is 12.5. The van der Waals surface area contributed by atoms with Crippen molar-refractivity contribution in [2.45, 2.75) is 44.8 Å². The molecule has 25 heavy (non-hydrogen) atoms. The monoisotopic (exact) mass is 389 g/mol. The van der Waals surface area contributed by atoms with Crippen molar-refractivity contribution in [1.29, 1.82) is 0 Å². The highest BCUT2D eigenvalue weighted by atomic mass is 35.5. The van der Waals surface area contributed by atoms with Crippen molar-refractivity contribution >= 4 is 42.1 Å². The predicted octanol–water partition coefficient (Wildman–Crippen LogP) is 3.23. The van der Waals surface area contributed by atoms with E-state index < -0.39 is 0 Å². The lowest BCUT2D eigenvalue weighted by atomic mass is 10.1. The summed E-state index contributed by atoms with van der Waals surface area (Å²) >= 11 is 0. The third kappa shape index (κ3) is 6.03. The largest absolute Gasteiger partial charge is 0.375 e. The molecule has 2 heterocycles. The molecule has 0 saturated carbocycles. The normalized spacial score (nSPS) is 23.6. The zero-order valence-corrected chi connectivity index (χ0v) is 16.3. The van der Waals surface area contributed by atoms with Gasteiger partial charge in [0.1, 0.15) is 6.04 Å². The number of hydrogen-bond acceptors (Lipinski definition) is 4. The SMILES string of the molecule is C[C@H]1OCCN[C@@H]1C(=O)Nc1cccc(N2CCCCCC2)c1.Cl.Cl. The number of anilines is 2. The number of carbonyl (C=O) groups is 1. The van der Waals surface area contributed by atoms with Gasteiger partial charge < -0.3 is 20.3 Å². The van der Waals surface area contributed by atoms with E-state index in [0.29, 0.717) is 6.61 Å². The summed E-state index contributed by atoms with van der Waals surface area (Å²) in [7, 11) is 0. The maximum Gasteiger partial charge on any atom is 0.244 e. The summed E-state index contributed by atoms with van der Waals surface area (Å²) in [5.74, 6) is -0.0229. The number of hydrogen-bond donors (Lipinski definition) is 2. The summed E-state index contributed by atoms with van der Waals surface area (Å²) in [4.78, 5) is 14.9. The molecule has 2 fully saturated rings. The fourth-order valence-electron chi connectivity index (χ4n) is 3.36. The fourth-order valence-corrected chi connectivity index (χ4v) is 3.36. The second-order valence-electron chi connectivity index (χ2n) is 6.45. The van der Waals surface area contributed by atoms with Crippen LogP contribution >= 0.6 is 24.8 Å². The van der Waals surface area contributed by atoms with Crippen LogP contribution in [0.4, 0.5) is 11.4 Å². The molecule has 3 rings (SSSR count). The van der Waals surface area contributed by atoms with Crippen LogP contribution in [-0.4, -0.2) is 44.3 Å². The van der Waals surface area contributed by atoms with E-state index in [1.807, 2.05) is 19.1 Å². The Bertz CT molecular complexity index is 537. The average Bonchev–Trinajstić information content (AvgIpc) is 2.85. The van der Waals surface area contributed by atoms with E-state index in [1.54, 1.807) is 0 Å². The molecule has 1 aromatic carbocycles. The van der Waals surface area contributed by atoms with Gasteiger partial charge in [0, 0.05) is 31.0 Å².